The van der Waals surface area contributed by atoms with Gasteiger partial charge in [-0.25, -0.2) is 8.78 Å². The van der Waals surface area contributed by atoms with Crippen molar-refractivity contribution in [1.29, 1.82) is 0 Å². The van der Waals surface area contributed by atoms with Gasteiger partial charge in [0.1, 0.15) is 0 Å². The van der Waals surface area contributed by atoms with Crippen molar-refractivity contribution in [1.82, 2.24) is 9.88 Å². The van der Waals surface area contributed by atoms with Gasteiger partial charge in [0.2, 0.25) is 0 Å². The lowest BCUT2D eigenvalue weighted by Crippen LogP contribution is -2.55. The zero-order valence-electron chi connectivity index (χ0n) is 21.4. The normalized spacial score (nSPS) is 39.1. The number of pyridine rings is 1. The van der Waals surface area contributed by atoms with Crippen molar-refractivity contribution in [2.45, 2.75) is 87.9 Å². The third-order valence-corrected chi connectivity index (χ3v) is 10.8. The summed E-state index contributed by atoms with van der Waals surface area (Å²) in [4.78, 5) is 6.23. The van der Waals surface area contributed by atoms with Gasteiger partial charge >= 0.3 is 0 Å². The summed E-state index contributed by atoms with van der Waals surface area (Å²) >= 11 is 0. The molecule has 3 unspecified atom stereocenters. The highest BCUT2D eigenvalue weighted by Crippen LogP contribution is 2.69. The minimum atomic E-state index is -2.29. The first-order valence-electron chi connectivity index (χ1n) is 13.8. The number of allylic oxidation sites excluding steroid dienone is 1. The van der Waals surface area contributed by atoms with Gasteiger partial charge < -0.3 is 4.74 Å². The Morgan fingerprint density at radius 1 is 1.14 bits per heavy atom. The molecule has 1 aromatic heterocycles. The van der Waals surface area contributed by atoms with E-state index in [4.69, 9.17) is 4.74 Å². The third kappa shape index (κ3) is 3.18. The molecule has 5 aliphatic rings. The van der Waals surface area contributed by atoms with Crippen LogP contribution in [0.4, 0.5) is 8.78 Å². The van der Waals surface area contributed by atoms with Gasteiger partial charge in [-0.3, -0.25) is 9.88 Å². The summed E-state index contributed by atoms with van der Waals surface area (Å²) in [7, 11) is 1.86. The van der Waals surface area contributed by atoms with Gasteiger partial charge in [0.05, 0.1) is 17.7 Å². The van der Waals surface area contributed by atoms with E-state index < -0.39 is 6.43 Å². The molecule has 1 saturated heterocycles. The number of aromatic nitrogens is 1. The molecule has 2 aliphatic heterocycles. The van der Waals surface area contributed by atoms with E-state index in [-0.39, 0.29) is 29.2 Å². The molecule has 0 amide bonds. The number of hydrogen-bond donors (Lipinski definition) is 0. The third-order valence-electron chi connectivity index (χ3n) is 10.8. The summed E-state index contributed by atoms with van der Waals surface area (Å²) in [5.74, 6) is 0.983. The fourth-order valence-corrected chi connectivity index (χ4v) is 8.99. The van der Waals surface area contributed by atoms with Crippen LogP contribution < -0.4 is 0 Å². The minimum Gasteiger partial charge on any atom is -0.359 e. The van der Waals surface area contributed by atoms with Crippen molar-refractivity contribution < 1.29 is 13.5 Å². The second-order valence-electron chi connectivity index (χ2n) is 12.4. The number of benzene rings is 1. The van der Waals surface area contributed by atoms with Crippen LogP contribution in [0.1, 0.15) is 69.8 Å². The Labute approximate surface area is 212 Å². The molecule has 3 fully saturated rings. The van der Waals surface area contributed by atoms with E-state index in [1.807, 2.05) is 24.3 Å². The quantitative estimate of drug-likeness (QED) is 0.460. The van der Waals surface area contributed by atoms with Crippen molar-refractivity contribution in [2.24, 2.45) is 11.3 Å². The SMILES string of the molecule is CN(CC(F)F)C1CCC2=CC3=CCC4(C)C(c5ccc6ccncc6c5)CC[C@H]4[C@@]34CC[C@]2(C1)O4. The number of nitrogens with zero attached hydrogens (tertiary/aromatic N) is 2. The fourth-order valence-electron chi connectivity index (χ4n) is 8.99. The smallest absolute Gasteiger partial charge is 0.251 e. The maximum absolute atomic E-state index is 13.1. The lowest BCUT2D eigenvalue weighted by atomic mass is 9.58. The number of alkyl halides is 2. The molecule has 5 heteroatoms. The molecule has 2 spiro atoms. The fraction of sp³-hybridized carbons (Fsp3) is 0.581. The molecule has 7 rings (SSSR count). The zero-order chi connectivity index (χ0) is 24.7. The molecule has 2 bridgehead atoms. The second kappa shape index (κ2) is 7.94. The van der Waals surface area contributed by atoms with Crippen LogP contribution in [0.5, 0.6) is 0 Å². The Bertz CT molecular complexity index is 1270. The molecule has 6 atom stereocenters. The molecule has 2 saturated carbocycles. The van der Waals surface area contributed by atoms with Crippen LogP contribution in [0.3, 0.4) is 0 Å². The Morgan fingerprint density at radius 2 is 2.03 bits per heavy atom. The van der Waals surface area contributed by atoms with E-state index in [1.54, 1.807) is 0 Å². The van der Waals surface area contributed by atoms with Gasteiger partial charge in [0, 0.05) is 23.8 Å². The highest BCUT2D eigenvalue weighted by atomic mass is 19.3. The topological polar surface area (TPSA) is 25.4 Å². The molecule has 0 N–H and O–H groups in total. The van der Waals surface area contributed by atoms with Gasteiger partial charge in [-0.15, -0.1) is 0 Å². The number of fused-ring (bicyclic) bond motifs is 2. The van der Waals surface area contributed by atoms with Crippen molar-refractivity contribution in [3.05, 3.63) is 65.5 Å². The van der Waals surface area contributed by atoms with E-state index in [9.17, 15) is 8.78 Å². The molecular formula is C31H36F2N2O. The first-order chi connectivity index (χ1) is 17.3. The van der Waals surface area contributed by atoms with Crippen LogP contribution in [0.2, 0.25) is 0 Å². The molecular weight excluding hydrogens is 454 g/mol. The summed E-state index contributed by atoms with van der Waals surface area (Å²) in [6.45, 7) is 2.35. The minimum absolute atomic E-state index is 0.150. The van der Waals surface area contributed by atoms with Gasteiger partial charge in [-0.05, 0) is 110 Å². The first-order valence-corrected chi connectivity index (χ1v) is 13.8. The molecule has 3 aliphatic carbocycles. The first kappa shape index (κ1) is 23.0. The molecule has 0 radical (unpaired) electrons. The summed E-state index contributed by atoms with van der Waals surface area (Å²) in [5.41, 5.74) is 3.94. The van der Waals surface area contributed by atoms with Crippen LogP contribution in [0, 0.1) is 11.3 Å². The van der Waals surface area contributed by atoms with Crippen LogP contribution in [-0.2, 0) is 4.74 Å². The average Bonchev–Trinajstić information content (AvgIpc) is 3.38. The molecule has 3 heterocycles. The highest BCUT2D eigenvalue weighted by Gasteiger charge is 2.66. The second-order valence-corrected chi connectivity index (χ2v) is 12.4. The lowest BCUT2D eigenvalue weighted by Gasteiger charge is -2.55. The predicted molar refractivity (Wildman–Crippen MR) is 138 cm³/mol. The monoisotopic (exact) mass is 490 g/mol. The van der Waals surface area contributed by atoms with Crippen LogP contribution in [0.15, 0.2) is 60.0 Å². The molecule has 1 aromatic carbocycles. The largest absolute Gasteiger partial charge is 0.359 e. The Kier molecular flexibility index (Phi) is 5.08. The van der Waals surface area contributed by atoms with E-state index >= 15 is 0 Å². The summed E-state index contributed by atoms with van der Waals surface area (Å²) < 4.78 is 33.6. The van der Waals surface area contributed by atoms with Gasteiger partial charge in [-0.2, -0.15) is 0 Å². The standard InChI is InChI=1S/C31H36F2N2O/c1-29-11-9-24-16-23-5-6-25(35(2)19-28(32)33)17-30(23)12-13-31(24,36-30)27(29)8-7-26(29)21-4-3-20-10-14-34-18-22(20)15-21/h3-4,9-10,14-16,18,25-28H,5-8,11-13,17,19H2,1-2H3/t25?,26?,27-,29?,30-,31-/m1/s1. The number of hydrogen-bond acceptors (Lipinski definition) is 3. The zero-order valence-corrected chi connectivity index (χ0v) is 21.4. The predicted octanol–water partition coefficient (Wildman–Crippen LogP) is 7.04. The van der Waals surface area contributed by atoms with Gasteiger partial charge in [0.25, 0.3) is 6.43 Å². The molecule has 36 heavy (non-hydrogen) atoms. The average molecular weight is 491 g/mol. The summed E-state index contributed by atoms with van der Waals surface area (Å²) in [6, 6.07) is 9.19. The Hall–Kier alpha value is -2.11. The number of ether oxygens (including phenoxy) is 1. The molecule has 190 valence electrons. The van der Waals surface area contributed by atoms with E-state index in [0.717, 1.165) is 38.5 Å². The number of rotatable bonds is 4. The highest BCUT2D eigenvalue weighted by molar-refractivity contribution is 5.82. The van der Waals surface area contributed by atoms with Gasteiger partial charge in [-0.1, -0.05) is 31.2 Å². The van der Waals surface area contributed by atoms with Gasteiger partial charge in [0.15, 0.2) is 0 Å². The van der Waals surface area contributed by atoms with E-state index in [0.29, 0.717) is 11.8 Å². The van der Waals surface area contributed by atoms with Crippen molar-refractivity contribution in [2.75, 3.05) is 13.6 Å². The lowest BCUT2D eigenvalue weighted by molar-refractivity contribution is -0.141. The van der Waals surface area contributed by atoms with Crippen molar-refractivity contribution >= 4 is 10.8 Å². The van der Waals surface area contributed by atoms with Crippen LogP contribution in [-0.4, -0.2) is 47.1 Å². The van der Waals surface area contributed by atoms with Crippen molar-refractivity contribution in [3.63, 3.8) is 0 Å². The van der Waals surface area contributed by atoms with Crippen LogP contribution >= 0.6 is 0 Å². The Morgan fingerprint density at radius 3 is 2.89 bits per heavy atom. The van der Waals surface area contributed by atoms with E-state index in [2.05, 4.69) is 48.3 Å². The summed E-state index contributed by atoms with van der Waals surface area (Å²) in [5, 5.41) is 2.46. The Balaban J connectivity index is 1.22. The maximum Gasteiger partial charge on any atom is 0.251 e. The molecule has 2 aromatic rings. The maximum atomic E-state index is 13.1. The molecule has 3 nitrogen and oxygen atoms in total. The van der Waals surface area contributed by atoms with E-state index in [1.165, 1.54) is 40.3 Å². The summed E-state index contributed by atoms with van der Waals surface area (Å²) in [6.07, 6.45) is 14.8. The van der Waals surface area contributed by atoms with Crippen LogP contribution in [0.25, 0.3) is 10.8 Å². The van der Waals surface area contributed by atoms with Crippen molar-refractivity contribution in [3.8, 4) is 0 Å². The number of halogens is 2.